The molecule has 1 saturated heterocycles. The Morgan fingerprint density at radius 3 is 2.43 bits per heavy atom. The summed E-state index contributed by atoms with van der Waals surface area (Å²) in [6.45, 7) is 8.71. The minimum atomic E-state index is 0.112. The summed E-state index contributed by atoms with van der Waals surface area (Å²) >= 11 is 0. The van der Waals surface area contributed by atoms with Crippen LogP contribution in [0.15, 0.2) is 24.3 Å². The van der Waals surface area contributed by atoms with Gasteiger partial charge < -0.3 is 10.6 Å². The van der Waals surface area contributed by atoms with E-state index in [9.17, 15) is 4.79 Å². The summed E-state index contributed by atoms with van der Waals surface area (Å²) in [4.78, 5) is 12.4. The third-order valence-corrected chi connectivity index (χ3v) is 4.97. The molecule has 2 N–H and O–H groups in total. The van der Waals surface area contributed by atoms with Gasteiger partial charge in [0.25, 0.3) is 0 Å². The molecule has 0 spiro atoms. The predicted octanol–water partition coefficient (Wildman–Crippen LogP) is 3.84. The molecule has 3 heteroatoms. The number of amides is 1. The molecule has 0 saturated carbocycles. The minimum absolute atomic E-state index is 0.112. The van der Waals surface area contributed by atoms with Crippen LogP contribution in [0.1, 0.15) is 63.6 Å². The Morgan fingerprint density at radius 1 is 1.22 bits per heavy atom. The number of rotatable bonds is 7. The lowest BCUT2D eigenvalue weighted by Crippen LogP contribution is -2.33. The summed E-state index contributed by atoms with van der Waals surface area (Å²) in [5, 5.41) is 6.63. The lowest BCUT2D eigenvalue weighted by molar-refractivity contribution is -0.122. The lowest BCUT2D eigenvalue weighted by Gasteiger charge is -2.25. The Balaban J connectivity index is 1.88. The van der Waals surface area contributed by atoms with Crippen LogP contribution in [-0.2, 0) is 11.2 Å². The second-order valence-electron chi connectivity index (χ2n) is 7.12. The predicted molar refractivity (Wildman–Crippen MR) is 96.4 cm³/mol. The number of aryl methyl sites for hydroxylation is 1. The lowest BCUT2D eigenvalue weighted by atomic mass is 9.92. The first kappa shape index (κ1) is 18.0. The zero-order valence-electron chi connectivity index (χ0n) is 14.9. The molecule has 3 nitrogen and oxygen atoms in total. The fourth-order valence-corrected chi connectivity index (χ4v) is 3.35. The Kier molecular flexibility index (Phi) is 7.10. The van der Waals surface area contributed by atoms with E-state index in [2.05, 4.69) is 55.7 Å². The SMILES string of the molecule is CCc1ccc(C(NC(=O)CCC2CCNCC2)C(C)C)cc1. The van der Waals surface area contributed by atoms with Crippen LogP contribution in [0.2, 0.25) is 0 Å². The van der Waals surface area contributed by atoms with Crippen molar-refractivity contribution in [3.8, 4) is 0 Å². The van der Waals surface area contributed by atoms with Gasteiger partial charge in [-0.2, -0.15) is 0 Å². The maximum Gasteiger partial charge on any atom is 0.220 e. The maximum absolute atomic E-state index is 12.4. The molecule has 1 fully saturated rings. The number of piperidine rings is 1. The van der Waals surface area contributed by atoms with Crippen LogP contribution in [-0.4, -0.2) is 19.0 Å². The molecular formula is C20H32N2O. The minimum Gasteiger partial charge on any atom is -0.349 e. The molecule has 128 valence electrons. The van der Waals surface area contributed by atoms with E-state index in [1.54, 1.807) is 0 Å². The van der Waals surface area contributed by atoms with Gasteiger partial charge in [-0.05, 0) is 61.7 Å². The molecule has 1 aliphatic rings. The summed E-state index contributed by atoms with van der Waals surface area (Å²) in [5.74, 6) is 1.30. The van der Waals surface area contributed by atoms with Gasteiger partial charge >= 0.3 is 0 Å². The summed E-state index contributed by atoms with van der Waals surface area (Å²) in [5.41, 5.74) is 2.56. The van der Waals surface area contributed by atoms with Crippen LogP contribution in [0.5, 0.6) is 0 Å². The van der Waals surface area contributed by atoms with Crippen molar-refractivity contribution in [3.05, 3.63) is 35.4 Å². The van der Waals surface area contributed by atoms with Crippen LogP contribution in [0.25, 0.3) is 0 Å². The molecule has 0 aliphatic carbocycles. The Morgan fingerprint density at radius 2 is 1.87 bits per heavy atom. The summed E-state index contributed by atoms with van der Waals surface area (Å²) in [7, 11) is 0. The van der Waals surface area contributed by atoms with Gasteiger partial charge in [-0.15, -0.1) is 0 Å². The largest absolute Gasteiger partial charge is 0.349 e. The second kappa shape index (κ2) is 9.07. The molecule has 23 heavy (non-hydrogen) atoms. The number of nitrogens with one attached hydrogen (secondary N) is 2. The van der Waals surface area contributed by atoms with Crippen molar-refractivity contribution in [2.24, 2.45) is 11.8 Å². The van der Waals surface area contributed by atoms with Crippen molar-refractivity contribution < 1.29 is 4.79 Å². The number of carbonyl (C=O) groups excluding carboxylic acids is 1. The van der Waals surface area contributed by atoms with Crippen molar-refractivity contribution >= 4 is 5.91 Å². The van der Waals surface area contributed by atoms with E-state index in [1.807, 2.05) is 0 Å². The molecular weight excluding hydrogens is 284 g/mol. The van der Waals surface area contributed by atoms with Gasteiger partial charge in [0.2, 0.25) is 5.91 Å². The Labute approximate surface area is 141 Å². The van der Waals surface area contributed by atoms with Crippen LogP contribution < -0.4 is 10.6 Å². The highest BCUT2D eigenvalue weighted by Gasteiger charge is 2.20. The highest BCUT2D eigenvalue weighted by molar-refractivity contribution is 5.76. The first-order chi connectivity index (χ1) is 11.1. The zero-order valence-corrected chi connectivity index (χ0v) is 14.9. The second-order valence-corrected chi connectivity index (χ2v) is 7.12. The molecule has 1 aliphatic heterocycles. The molecule has 1 atom stereocenters. The topological polar surface area (TPSA) is 41.1 Å². The van der Waals surface area contributed by atoms with Gasteiger partial charge in [-0.3, -0.25) is 4.79 Å². The van der Waals surface area contributed by atoms with Gasteiger partial charge in [0.05, 0.1) is 6.04 Å². The van der Waals surface area contributed by atoms with Gasteiger partial charge in [0.1, 0.15) is 0 Å². The number of benzene rings is 1. The van der Waals surface area contributed by atoms with Crippen molar-refractivity contribution in [2.45, 2.75) is 58.9 Å². The smallest absolute Gasteiger partial charge is 0.220 e. The quantitative estimate of drug-likeness (QED) is 0.802. The van der Waals surface area contributed by atoms with Gasteiger partial charge in [0.15, 0.2) is 0 Å². The average Bonchev–Trinajstić information content (AvgIpc) is 2.58. The first-order valence-electron chi connectivity index (χ1n) is 9.19. The average molecular weight is 316 g/mol. The summed E-state index contributed by atoms with van der Waals surface area (Å²) < 4.78 is 0. The van der Waals surface area contributed by atoms with E-state index in [0.29, 0.717) is 18.3 Å². The van der Waals surface area contributed by atoms with Crippen LogP contribution in [0.4, 0.5) is 0 Å². The van der Waals surface area contributed by atoms with E-state index < -0.39 is 0 Å². The number of hydrogen-bond acceptors (Lipinski definition) is 2. The van der Waals surface area contributed by atoms with Crippen LogP contribution in [0, 0.1) is 11.8 Å². The van der Waals surface area contributed by atoms with Crippen molar-refractivity contribution in [1.29, 1.82) is 0 Å². The normalized spacial score (nSPS) is 17.2. The number of hydrogen-bond donors (Lipinski definition) is 2. The van der Waals surface area contributed by atoms with Crippen molar-refractivity contribution in [1.82, 2.24) is 10.6 Å². The molecule has 0 radical (unpaired) electrons. The zero-order chi connectivity index (χ0) is 16.7. The third kappa shape index (κ3) is 5.65. The fourth-order valence-electron chi connectivity index (χ4n) is 3.35. The fraction of sp³-hybridized carbons (Fsp3) is 0.650. The molecule has 1 unspecified atom stereocenters. The molecule has 0 aromatic heterocycles. The standard InChI is InChI=1S/C20H32N2O/c1-4-16-5-8-18(9-6-16)20(15(2)3)22-19(23)10-7-17-11-13-21-14-12-17/h5-6,8-9,15,17,20-21H,4,7,10-14H2,1-3H3,(H,22,23). The Bertz CT molecular complexity index is 475. The molecule has 1 aromatic carbocycles. The van der Waals surface area contributed by atoms with Crippen LogP contribution >= 0.6 is 0 Å². The monoisotopic (exact) mass is 316 g/mol. The van der Waals surface area contributed by atoms with E-state index in [-0.39, 0.29) is 11.9 Å². The molecule has 1 amide bonds. The van der Waals surface area contributed by atoms with E-state index in [1.165, 1.54) is 24.0 Å². The third-order valence-electron chi connectivity index (χ3n) is 4.97. The summed E-state index contributed by atoms with van der Waals surface area (Å²) in [6, 6.07) is 8.78. The van der Waals surface area contributed by atoms with Crippen molar-refractivity contribution in [2.75, 3.05) is 13.1 Å². The van der Waals surface area contributed by atoms with Crippen LogP contribution in [0.3, 0.4) is 0 Å². The summed E-state index contributed by atoms with van der Waals surface area (Å²) in [6.07, 6.45) is 5.14. The van der Waals surface area contributed by atoms with E-state index >= 15 is 0 Å². The molecule has 0 bridgehead atoms. The molecule has 2 rings (SSSR count). The van der Waals surface area contributed by atoms with E-state index in [4.69, 9.17) is 0 Å². The molecule has 1 aromatic rings. The number of carbonyl (C=O) groups is 1. The van der Waals surface area contributed by atoms with Gasteiger partial charge in [-0.1, -0.05) is 45.0 Å². The van der Waals surface area contributed by atoms with Crippen molar-refractivity contribution in [3.63, 3.8) is 0 Å². The van der Waals surface area contributed by atoms with Gasteiger partial charge in [0, 0.05) is 6.42 Å². The van der Waals surface area contributed by atoms with E-state index in [0.717, 1.165) is 25.9 Å². The molecule has 1 heterocycles. The van der Waals surface area contributed by atoms with Gasteiger partial charge in [-0.25, -0.2) is 0 Å². The highest BCUT2D eigenvalue weighted by atomic mass is 16.1. The Hall–Kier alpha value is -1.35. The highest BCUT2D eigenvalue weighted by Crippen LogP contribution is 2.23. The maximum atomic E-state index is 12.4. The first-order valence-corrected chi connectivity index (χ1v) is 9.19.